The molecule has 0 aromatic heterocycles. The summed E-state index contributed by atoms with van der Waals surface area (Å²) >= 11 is 0. The van der Waals surface area contributed by atoms with Crippen molar-refractivity contribution >= 4 is 5.69 Å². The highest BCUT2D eigenvalue weighted by Gasteiger charge is 1.85. The molecule has 0 bridgehead atoms. The number of aliphatic hydroxyl groups is 1. The van der Waals surface area contributed by atoms with Crippen molar-refractivity contribution in [2.45, 2.75) is 0 Å². The van der Waals surface area contributed by atoms with E-state index in [1.807, 2.05) is 12.1 Å². The molecule has 3 N–H and O–H groups in total. The van der Waals surface area contributed by atoms with E-state index in [4.69, 9.17) is 10.8 Å². The molecular formula is C9H9NO. The third kappa shape index (κ3) is 2.32. The smallest absolute Gasteiger partial charge is 0.104 e. The van der Waals surface area contributed by atoms with Crippen LogP contribution in [0.25, 0.3) is 0 Å². The van der Waals surface area contributed by atoms with Crippen LogP contribution < -0.4 is 5.73 Å². The minimum atomic E-state index is -0.116. The summed E-state index contributed by atoms with van der Waals surface area (Å²) in [5, 5.41) is 8.39. The molecular weight excluding hydrogens is 138 g/mol. The monoisotopic (exact) mass is 147 g/mol. The van der Waals surface area contributed by atoms with E-state index in [9.17, 15) is 0 Å². The summed E-state index contributed by atoms with van der Waals surface area (Å²) in [6.07, 6.45) is 0. The van der Waals surface area contributed by atoms with Crippen LogP contribution in [0, 0.1) is 11.8 Å². The summed E-state index contributed by atoms with van der Waals surface area (Å²) < 4.78 is 0. The summed E-state index contributed by atoms with van der Waals surface area (Å²) in [7, 11) is 0. The number of hydrogen-bond donors (Lipinski definition) is 2. The first kappa shape index (κ1) is 7.64. The van der Waals surface area contributed by atoms with Crippen molar-refractivity contribution in [3.8, 4) is 11.8 Å². The number of benzene rings is 1. The van der Waals surface area contributed by atoms with Crippen LogP contribution in [0.3, 0.4) is 0 Å². The molecule has 0 radical (unpaired) electrons. The van der Waals surface area contributed by atoms with Gasteiger partial charge in [-0.3, -0.25) is 0 Å². The van der Waals surface area contributed by atoms with Gasteiger partial charge in [0.1, 0.15) is 6.61 Å². The Bertz CT molecular complexity index is 296. The first-order valence-electron chi connectivity index (χ1n) is 3.28. The van der Waals surface area contributed by atoms with E-state index in [1.165, 1.54) is 0 Å². The van der Waals surface area contributed by atoms with Crippen LogP contribution in [0.15, 0.2) is 24.3 Å². The van der Waals surface area contributed by atoms with Crippen molar-refractivity contribution < 1.29 is 5.11 Å². The lowest BCUT2D eigenvalue weighted by atomic mass is 10.2. The lowest BCUT2D eigenvalue weighted by Crippen LogP contribution is -1.84. The van der Waals surface area contributed by atoms with Gasteiger partial charge in [-0.05, 0) is 18.2 Å². The van der Waals surface area contributed by atoms with E-state index in [-0.39, 0.29) is 6.61 Å². The summed E-state index contributed by atoms with van der Waals surface area (Å²) in [5.74, 6) is 5.30. The quantitative estimate of drug-likeness (QED) is 0.417. The molecule has 1 aromatic carbocycles. The number of hydrogen-bond acceptors (Lipinski definition) is 2. The molecule has 0 heterocycles. The molecule has 11 heavy (non-hydrogen) atoms. The second kappa shape index (κ2) is 3.65. The summed E-state index contributed by atoms with van der Waals surface area (Å²) in [6.45, 7) is -0.116. The van der Waals surface area contributed by atoms with Crippen molar-refractivity contribution in [3.05, 3.63) is 29.8 Å². The number of anilines is 1. The maximum atomic E-state index is 8.39. The number of nitrogen functional groups attached to an aromatic ring is 1. The molecule has 0 aliphatic heterocycles. The molecule has 1 rings (SSSR count). The maximum absolute atomic E-state index is 8.39. The fraction of sp³-hybridized carbons (Fsp3) is 0.111. The molecule has 1 aromatic rings. The summed E-state index contributed by atoms with van der Waals surface area (Å²) in [5.41, 5.74) is 7.02. The molecule has 0 spiro atoms. The van der Waals surface area contributed by atoms with Crippen LogP contribution in [0.2, 0.25) is 0 Å². The third-order valence-corrected chi connectivity index (χ3v) is 1.20. The van der Waals surface area contributed by atoms with Gasteiger partial charge in [0, 0.05) is 11.3 Å². The van der Waals surface area contributed by atoms with Gasteiger partial charge in [-0.2, -0.15) is 0 Å². The predicted molar refractivity (Wildman–Crippen MR) is 44.8 cm³/mol. The highest BCUT2D eigenvalue weighted by molar-refractivity contribution is 5.46. The molecule has 0 amide bonds. The fourth-order valence-corrected chi connectivity index (χ4v) is 0.758. The van der Waals surface area contributed by atoms with Gasteiger partial charge in [-0.25, -0.2) is 0 Å². The zero-order valence-electron chi connectivity index (χ0n) is 6.04. The Balaban J connectivity index is 2.87. The molecule has 0 saturated carbocycles. The highest BCUT2D eigenvalue weighted by Crippen LogP contribution is 2.03. The number of rotatable bonds is 0. The normalized spacial score (nSPS) is 8.45. The molecule has 0 atom stereocenters. The van der Waals surface area contributed by atoms with Crippen LogP contribution in [0.1, 0.15) is 5.56 Å². The Kier molecular flexibility index (Phi) is 2.53. The molecule has 56 valence electrons. The van der Waals surface area contributed by atoms with E-state index >= 15 is 0 Å². The van der Waals surface area contributed by atoms with E-state index in [0.29, 0.717) is 5.69 Å². The van der Waals surface area contributed by atoms with Gasteiger partial charge in [0.15, 0.2) is 0 Å². The Morgan fingerprint density at radius 2 is 2.27 bits per heavy atom. The van der Waals surface area contributed by atoms with E-state index in [1.54, 1.807) is 12.1 Å². The van der Waals surface area contributed by atoms with Crippen LogP contribution in [-0.4, -0.2) is 11.7 Å². The number of nitrogens with two attached hydrogens (primary N) is 1. The van der Waals surface area contributed by atoms with Crippen molar-refractivity contribution in [1.82, 2.24) is 0 Å². The van der Waals surface area contributed by atoms with Crippen LogP contribution in [-0.2, 0) is 0 Å². The van der Waals surface area contributed by atoms with Gasteiger partial charge < -0.3 is 10.8 Å². The Labute approximate surface area is 65.7 Å². The maximum Gasteiger partial charge on any atom is 0.104 e. The van der Waals surface area contributed by atoms with Crippen LogP contribution in [0.4, 0.5) is 5.69 Å². The molecule has 0 saturated heterocycles. The molecule has 0 fully saturated rings. The van der Waals surface area contributed by atoms with Gasteiger partial charge >= 0.3 is 0 Å². The van der Waals surface area contributed by atoms with Crippen LogP contribution in [0.5, 0.6) is 0 Å². The first-order chi connectivity index (χ1) is 5.33. The van der Waals surface area contributed by atoms with Gasteiger partial charge in [-0.1, -0.05) is 17.9 Å². The largest absolute Gasteiger partial charge is 0.399 e. The standard InChI is InChI=1S/C9H9NO/c10-9-5-1-3-8(7-9)4-2-6-11/h1,3,5,7,11H,6,10H2. The minimum absolute atomic E-state index is 0.116. The van der Waals surface area contributed by atoms with Crippen molar-refractivity contribution in [1.29, 1.82) is 0 Å². The molecule has 0 aliphatic rings. The zero-order chi connectivity index (χ0) is 8.10. The fourth-order valence-electron chi connectivity index (χ4n) is 0.758. The zero-order valence-corrected chi connectivity index (χ0v) is 6.04. The third-order valence-electron chi connectivity index (χ3n) is 1.20. The number of aliphatic hydroxyl groups excluding tert-OH is 1. The van der Waals surface area contributed by atoms with Gasteiger partial charge in [0.2, 0.25) is 0 Å². The second-order valence-electron chi connectivity index (χ2n) is 2.09. The lowest BCUT2D eigenvalue weighted by molar-refractivity contribution is 0.350. The topological polar surface area (TPSA) is 46.2 Å². The van der Waals surface area contributed by atoms with E-state index in [0.717, 1.165) is 5.56 Å². The van der Waals surface area contributed by atoms with Crippen molar-refractivity contribution in [2.24, 2.45) is 0 Å². The van der Waals surface area contributed by atoms with E-state index in [2.05, 4.69) is 11.8 Å². The SMILES string of the molecule is Nc1cccc(C#CCO)c1. The van der Waals surface area contributed by atoms with Gasteiger partial charge in [-0.15, -0.1) is 0 Å². The summed E-state index contributed by atoms with van der Waals surface area (Å²) in [6, 6.07) is 7.24. The Hall–Kier alpha value is -1.46. The summed E-state index contributed by atoms with van der Waals surface area (Å²) in [4.78, 5) is 0. The predicted octanol–water partition coefficient (Wildman–Crippen LogP) is 0.613. The van der Waals surface area contributed by atoms with Crippen molar-refractivity contribution in [2.75, 3.05) is 12.3 Å². The Morgan fingerprint density at radius 1 is 1.45 bits per heavy atom. The molecule has 2 heteroatoms. The molecule has 2 nitrogen and oxygen atoms in total. The average Bonchev–Trinajstić information content (AvgIpc) is 2.01. The first-order valence-corrected chi connectivity index (χ1v) is 3.28. The highest BCUT2D eigenvalue weighted by atomic mass is 16.2. The van der Waals surface area contributed by atoms with Crippen molar-refractivity contribution in [3.63, 3.8) is 0 Å². The molecule has 0 unspecified atom stereocenters. The van der Waals surface area contributed by atoms with E-state index < -0.39 is 0 Å². The van der Waals surface area contributed by atoms with Crippen LogP contribution >= 0.6 is 0 Å². The van der Waals surface area contributed by atoms with Gasteiger partial charge in [0.05, 0.1) is 0 Å². The second-order valence-corrected chi connectivity index (χ2v) is 2.09. The van der Waals surface area contributed by atoms with Gasteiger partial charge in [0.25, 0.3) is 0 Å². The lowest BCUT2D eigenvalue weighted by Gasteiger charge is -1.91. The molecule has 0 aliphatic carbocycles. The Morgan fingerprint density at radius 3 is 2.91 bits per heavy atom. The average molecular weight is 147 g/mol. The minimum Gasteiger partial charge on any atom is -0.399 e.